The predicted molar refractivity (Wildman–Crippen MR) is 71.4 cm³/mol. The zero-order valence-corrected chi connectivity index (χ0v) is 11.6. The Balaban J connectivity index is 1.84. The molecule has 1 aliphatic rings. The SMILES string of the molecule is CNCC1(CNCc2cc(Br)ccc2F)CC1. The molecule has 0 aromatic heterocycles. The monoisotopic (exact) mass is 300 g/mol. The van der Waals surface area contributed by atoms with Crippen molar-refractivity contribution in [1.29, 1.82) is 0 Å². The van der Waals surface area contributed by atoms with E-state index in [4.69, 9.17) is 0 Å². The fraction of sp³-hybridized carbons (Fsp3) is 0.538. The standard InChI is InChI=1S/C13H18BrFN2/c1-16-8-13(4-5-13)9-17-7-10-6-11(14)2-3-12(10)15/h2-3,6,16-17H,4-5,7-9H2,1H3. The summed E-state index contributed by atoms with van der Waals surface area (Å²) in [6.45, 7) is 2.59. The number of halogens is 2. The van der Waals surface area contributed by atoms with Crippen LogP contribution in [-0.4, -0.2) is 20.1 Å². The van der Waals surface area contributed by atoms with Gasteiger partial charge in [-0.15, -0.1) is 0 Å². The minimum absolute atomic E-state index is 0.140. The van der Waals surface area contributed by atoms with Gasteiger partial charge in [0, 0.05) is 29.7 Å². The second-order valence-electron chi connectivity index (χ2n) is 4.87. The summed E-state index contributed by atoms with van der Waals surface area (Å²) in [5, 5.41) is 6.57. The number of rotatable bonds is 6. The molecule has 4 heteroatoms. The Hall–Kier alpha value is -0.450. The first kappa shape index (κ1) is 13.0. The molecule has 0 bridgehead atoms. The van der Waals surface area contributed by atoms with E-state index in [0.717, 1.165) is 23.1 Å². The van der Waals surface area contributed by atoms with Gasteiger partial charge in [-0.2, -0.15) is 0 Å². The van der Waals surface area contributed by atoms with Gasteiger partial charge in [0.2, 0.25) is 0 Å². The zero-order valence-electron chi connectivity index (χ0n) is 10.0. The molecule has 1 fully saturated rings. The van der Waals surface area contributed by atoms with E-state index >= 15 is 0 Å². The van der Waals surface area contributed by atoms with Crippen LogP contribution in [-0.2, 0) is 6.54 Å². The lowest BCUT2D eigenvalue weighted by Crippen LogP contribution is -2.31. The molecule has 1 aromatic carbocycles. The molecule has 0 aliphatic heterocycles. The Morgan fingerprint density at radius 3 is 2.76 bits per heavy atom. The summed E-state index contributed by atoms with van der Waals surface area (Å²) in [4.78, 5) is 0. The van der Waals surface area contributed by atoms with Crippen molar-refractivity contribution in [2.45, 2.75) is 19.4 Å². The minimum Gasteiger partial charge on any atom is -0.319 e. The van der Waals surface area contributed by atoms with Gasteiger partial charge in [-0.1, -0.05) is 15.9 Å². The fourth-order valence-corrected chi connectivity index (χ4v) is 2.52. The molecule has 2 N–H and O–H groups in total. The highest BCUT2D eigenvalue weighted by molar-refractivity contribution is 9.10. The molecule has 1 saturated carbocycles. The van der Waals surface area contributed by atoms with E-state index in [1.807, 2.05) is 13.1 Å². The maximum absolute atomic E-state index is 13.5. The quantitative estimate of drug-likeness (QED) is 0.844. The number of hydrogen-bond donors (Lipinski definition) is 2. The third kappa shape index (κ3) is 3.50. The molecule has 0 atom stereocenters. The minimum atomic E-state index is -0.140. The first-order valence-electron chi connectivity index (χ1n) is 5.94. The normalized spacial score (nSPS) is 17.1. The van der Waals surface area contributed by atoms with E-state index < -0.39 is 0 Å². The maximum atomic E-state index is 13.5. The smallest absolute Gasteiger partial charge is 0.127 e. The molecule has 2 nitrogen and oxygen atoms in total. The number of benzene rings is 1. The van der Waals surface area contributed by atoms with Gasteiger partial charge in [-0.3, -0.25) is 0 Å². The molecule has 0 unspecified atom stereocenters. The van der Waals surface area contributed by atoms with Crippen LogP contribution in [0, 0.1) is 11.2 Å². The topological polar surface area (TPSA) is 24.1 Å². The van der Waals surface area contributed by atoms with Gasteiger partial charge < -0.3 is 10.6 Å². The van der Waals surface area contributed by atoms with Gasteiger partial charge in [0.25, 0.3) is 0 Å². The van der Waals surface area contributed by atoms with Crippen molar-refractivity contribution in [3.05, 3.63) is 34.1 Å². The third-order valence-corrected chi connectivity index (χ3v) is 3.83. The second-order valence-corrected chi connectivity index (χ2v) is 5.79. The van der Waals surface area contributed by atoms with E-state index in [0.29, 0.717) is 12.0 Å². The number of hydrogen-bond acceptors (Lipinski definition) is 2. The second kappa shape index (κ2) is 5.46. The van der Waals surface area contributed by atoms with Crippen LogP contribution in [0.2, 0.25) is 0 Å². The molecule has 0 saturated heterocycles. The zero-order chi connectivity index (χ0) is 12.3. The van der Waals surface area contributed by atoms with E-state index in [9.17, 15) is 4.39 Å². The lowest BCUT2D eigenvalue weighted by atomic mass is 10.1. The van der Waals surface area contributed by atoms with Crippen LogP contribution in [0.15, 0.2) is 22.7 Å². The predicted octanol–water partition coefficient (Wildman–Crippen LogP) is 2.68. The molecule has 17 heavy (non-hydrogen) atoms. The fourth-order valence-electron chi connectivity index (χ4n) is 2.11. The highest BCUT2D eigenvalue weighted by Crippen LogP contribution is 2.44. The van der Waals surface area contributed by atoms with Crippen LogP contribution < -0.4 is 10.6 Å². The van der Waals surface area contributed by atoms with Crippen molar-refractivity contribution < 1.29 is 4.39 Å². The Bertz CT molecular complexity index is 391. The Labute approximate surface area is 110 Å². The highest BCUT2D eigenvalue weighted by atomic mass is 79.9. The van der Waals surface area contributed by atoms with Crippen molar-refractivity contribution in [1.82, 2.24) is 10.6 Å². The van der Waals surface area contributed by atoms with Gasteiger partial charge >= 0.3 is 0 Å². The van der Waals surface area contributed by atoms with E-state index in [2.05, 4.69) is 26.6 Å². The largest absolute Gasteiger partial charge is 0.319 e. The van der Waals surface area contributed by atoms with Gasteiger partial charge in [0.15, 0.2) is 0 Å². The van der Waals surface area contributed by atoms with Crippen LogP contribution in [0.5, 0.6) is 0 Å². The summed E-state index contributed by atoms with van der Waals surface area (Å²) in [6.07, 6.45) is 2.53. The van der Waals surface area contributed by atoms with Crippen molar-refractivity contribution >= 4 is 15.9 Å². The first-order chi connectivity index (χ1) is 8.15. The number of nitrogens with one attached hydrogen (secondary N) is 2. The lowest BCUT2D eigenvalue weighted by Gasteiger charge is -2.15. The molecule has 0 heterocycles. The summed E-state index contributed by atoms with van der Waals surface area (Å²) in [7, 11) is 1.98. The Morgan fingerprint density at radius 1 is 1.35 bits per heavy atom. The van der Waals surface area contributed by atoms with E-state index in [1.165, 1.54) is 18.9 Å². The van der Waals surface area contributed by atoms with Crippen LogP contribution in [0.1, 0.15) is 18.4 Å². The van der Waals surface area contributed by atoms with Crippen molar-refractivity contribution in [2.75, 3.05) is 20.1 Å². The van der Waals surface area contributed by atoms with Gasteiger partial charge in [0.1, 0.15) is 5.82 Å². The average molecular weight is 301 g/mol. The molecular weight excluding hydrogens is 283 g/mol. The molecular formula is C13H18BrFN2. The van der Waals surface area contributed by atoms with Crippen molar-refractivity contribution in [3.63, 3.8) is 0 Å². The molecule has 0 radical (unpaired) electrons. The summed E-state index contributed by atoms with van der Waals surface area (Å²) in [5.74, 6) is -0.140. The summed E-state index contributed by atoms with van der Waals surface area (Å²) < 4.78 is 14.4. The highest BCUT2D eigenvalue weighted by Gasteiger charge is 2.41. The van der Waals surface area contributed by atoms with Crippen LogP contribution in [0.25, 0.3) is 0 Å². The Morgan fingerprint density at radius 2 is 2.12 bits per heavy atom. The lowest BCUT2D eigenvalue weighted by molar-refractivity contribution is 0.435. The van der Waals surface area contributed by atoms with Crippen LogP contribution >= 0.6 is 15.9 Å². The summed E-state index contributed by atoms with van der Waals surface area (Å²) >= 11 is 3.36. The molecule has 1 aliphatic carbocycles. The van der Waals surface area contributed by atoms with Crippen LogP contribution in [0.3, 0.4) is 0 Å². The summed E-state index contributed by atoms with van der Waals surface area (Å²) in [5.41, 5.74) is 1.14. The van der Waals surface area contributed by atoms with Crippen molar-refractivity contribution in [3.8, 4) is 0 Å². The molecule has 0 amide bonds. The molecule has 0 spiro atoms. The van der Waals surface area contributed by atoms with Gasteiger partial charge in [0.05, 0.1) is 0 Å². The van der Waals surface area contributed by atoms with Gasteiger partial charge in [-0.05, 0) is 43.5 Å². The van der Waals surface area contributed by atoms with Crippen LogP contribution in [0.4, 0.5) is 4.39 Å². The molecule has 94 valence electrons. The average Bonchev–Trinajstić information content (AvgIpc) is 3.04. The van der Waals surface area contributed by atoms with E-state index in [1.54, 1.807) is 6.07 Å². The maximum Gasteiger partial charge on any atom is 0.127 e. The van der Waals surface area contributed by atoms with E-state index in [-0.39, 0.29) is 5.82 Å². The van der Waals surface area contributed by atoms with Crippen molar-refractivity contribution in [2.24, 2.45) is 5.41 Å². The Kier molecular flexibility index (Phi) is 4.17. The first-order valence-corrected chi connectivity index (χ1v) is 6.74. The molecule has 2 rings (SSSR count). The van der Waals surface area contributed by atoms with Gasteiger partial charge in [-0.25, -0.2) is 4.39 Å². The third-order valence-electron chi connectivity index (χ3n) is 3.33. The summed E-state index contributed by atoms with van der Waals surface area (Å²) in [6, 6.07) is 5.06. The molecule has 1 aromatic rings.